The molecule has 0 saturated heterocycles. The number of hydrogen-bond donors (Lipinski definition) is 2. The fraction of sp³-hybridized carbons (Fsp3) is 0.500. The molecule has 2 aromatic rings. The van der Waals surface area contributed by atoms with Crippen LogP contribution >= 0.6 is 0 Å². The van der Waals surface area contributed by atoms with Crippen LogP contribution in [0.2, 0.25) is 0 Å². The van der Waals surface area contributed by atoms with Crippen LogP contribution in [0.4, 0.5) is 11.9 Å². The van der Waals surface area contributed by atoms with Crippen LogP contribution in [-0.4, -0.2) is 61.3 Å². The maximum atomic E-state index is 5.66. The summed E-state index contributed by atoms with van der Waals surface area (Å²) in [7, 11) is 4.02. The topological polar surface area (TPSA) is 111 Å². The van der Waals surface area contributed by atoms with E-state index >= 15 is 0 Å². The molecule has 0 bridgehead atoms. The minimum atomic E-state index is 0.139. The Labute approximate surface area is 110 Å². The molecule has 1 atom stereocenters. The van der Waals surface area contributed by atoms with Gasteiger partial charge in [0.25, 0.3) is 5.95 Å². The molecule has 19 heavy (non-hydrogen) atoms. The Balaban J connectivity index is 2.13. The monoisotopic (exact) mass is 263 g/mol. The zero-order chi connectivity index (χ0) is 13.8. The van der Waals surface area contributed by atoms with Crippen LogP contribution in [0.15, 0.2) is 12.7 Å². The normalized spacial score (nSPS) is 12.6. The number of likely N-dealkylation sites (N-methyl/N-ethyl adjacent to an activating group) is 1. The Hall–Kier alpha value is -2.29. The van der Waals surface area contributed by atoms with Crippen molar-refractivity contribution < 1.29 is 0 Å². The molecule has 0 aliphatic heterocycles. The summed E-state index contributed by atoms with van der Waals surface area (Å²) < 4.78 is 1.43. The van der Waals surface area contributed by atoms with Gasteiger partial charge < -0.3 is 16.0 Å². The minimum Gasteiger partial charge on any atom is -0.368 e. The molecule has 0 aromatic carbocycles. The van der Waals surface area contributed by atoms with Crippen LogP contribution in [0, 0.1) is 0 Å². The number of aromatic nitrogens is 6. The van der Waals surface area contributed by atoms with Crippen LogP contribution in [0.25, 0.3) is 5.95 Å². The lowest BCUT2D eigenvalue weighted by Gasteiger charge is -2.19. The van der Waals surface area contributed by atoms with Crippen LogP contribution in [-0.2, 0) is 0 Å². The average molecular weight is 263 g/mol. The summed E-state index contributed by atoms with van der Waals surface area (Å²) in [5, 5.41) is 7.08. The zero-order valence-corrected chi connectivity index (χ0v) is 11.1. The lowest BCUT2D eigenvalue weighted by molar-refractivity contribution is 0.325. The van der Waals surface area contributed by atoms with Crippen LogP contribution in [0.5, 0.6) is 0 Å². The number of rotatable bonds is 5. The molecule has 9 nitrogen and oxygen atoms in total. The summed E-state index contributed by atoms with van der Waals surface area (Å²) in [6.07, 6.45) is 2.90. The van der Waals surface area contributed by atoms with E-state index in [4.69, 9.17) is 5.73 Å². The van der Waals surface area contributed by atoms with Gasteiger partial charge in [0.15, 0.2) is 0 Å². The van der Waals surface area contributed by atoms with Crippen molar-refractivity contribution in [3.63, 3.8) is 0 Å². The molecule has 1 unspecified atom stereocenters. The SMILES string of the molecule is CC(CNc1nc(N)nc(-n2cncn2)n1)N(C)C. The Morgan fingerprint density at radius 1 is 1.37 bits per heavy atom. The van der Waals surface area contributed by atoms with E-state index in [0.717, 1.165) is 0 Å². The van der Waals surface area contributed by atoms with Crippen molar-refractivity contribution in [3.8, 4) is 5.95 Å². The highest BCUT2D eigenvalue weighted by Crippen LogP contribution is 2.06. The Bertz CT molecular complexity index is 522. The van der Waals surface area contributed by atoms with Crippen molar-refractivity contribution in [1.29, 1.82) is 0 Å². The standard InChI is InChI=1S/C10H17N9/c1-7(18(2)3)4-13-9-15-8(11)16-10(17-9)19-6-12-5-14-19/h5-7H,4H2,1-3H3,(H3,11,13,15,16,17). The zero-order valence-electron chi connectivity index (χ0n) is 11.1. The molecule has 0 fully saturated rings. The highest BCUT2D eigenvalue weighted by atomic mass is 15.4. The quantitative estimate of drug-likeness (QED) is 0.735. The number of nitrogens with two attached hydrogens (primary N) is 1. The van der Waals surface area contributed by atoms with Crippen molar-refractivity contribution in [2.45, 2.75) is 13.0 Å². The summed E-state index contributed by atoms with van der Waals surface area (Å²) in [6, 6.07) is 0.341. The molecule has 0 aliphatic rings. The molecule has 0 saturated carbocycles. The summed E-state index contributed by atoms with van der Waals surface area (Å²) in [6.45, 7) is 2.79. The van der Waals surface area contributed by atoms with Gasteiger partial charge in [0.2, 0.25) is 11.9 Å². The average Bonchev–Trinajstić information content (AvgIpc) is 2.89. The molecule has 2 aromatic heterocycles. The Kier molecular flexibility index (Phi) is 3.85. The highest BCUT2D eigenvalue weighted by molar-refractivity contribution is 5.34. The first-order valence-corrected chi connectivity index (χ1v) is 5.83. The first-order valence-electron chi connectivity index (χ1n) is 5.83. The van der Waals surface area contributed by atoms with Crippen molar-refractivity contribution in [1.82, 2.24) is 34.6 Å². The lowest BCUT2D eigenvalue weighted by atomic mass is 10.3. The van der Waals surface area contributed by atoms with Gasteiger partial charge >= 0.3 is 0 Å². The Morgan fingerprint density at radius 2 is 2.16 bits per heavy atom. The highest BCUT2D eigenvalue weighted by Gasteiger charge is 2.09. The number of nitrogens with one attached hydrogen (secondary N) is 1. The fourth-order valence-corrected chi connectivity index (χ4v) is 1.30. The molecule has 0 amide bonds. The number of hydrogen-bond acceptors (Lipinski definition) is 8. The predicted octanol–water partition coefficient (Wildman–Crippen LogP) is -0.603. The molecule has 2 heterocycles. The minimum absolute atomic E-state index is 0.139. The van der Waals surface area contributed by atoms with Crippen molar-refractivity contribution in [3.05, 3.63) is 12.7 Å². The Morgan fingerprint density at radius 3 is 2.79 bits per heavy atom. The van der Waals surface area contributed by atoms with Gasteiger partial charge in [-0.3, -0.25) is 0 Å². The smallest absolute Gasteiger partial charge is 0.258 e. The van der Waals surface area contributed by atoms with Gasteiger partial charge in [-0.1, -0.05) is 0 Å². The van der Waals surface area contributed by atoms with Crippen LogP contribution < -0.4 is 11.1 Å². The van der Waals surface area contributed by atoms with Gasteiger partial charge in [0, 0.05) is 12.6 Å². The first-order chi connectivity index (χ1) is 9.06. The third kappa shape index (κ3) is 3.35. The fourth-order valence-electron chi connectivity index (χ4n) is 1.30. The van der Waals surface area contributed by atoms with E-state index in [1.54, 1.807) is 0 Å². The molecule has 2 rings (SSSR count). The first kappa shape index (κ1) is 13.1. The molecule has 0 aliphatic carbocycles. The largest absolute Gasteiger partial charge is 0.368 e. The van der Waals surface area contributed by atoms with Gasteiger partial charge in [0.1, 0.15) is 12.7 Å². The number of nitrogens with zero attached hydrogens (tertiary/aromatic N) is 7. The van der Waals surface area contributed by atoms with Gasteiger partial charge in [-0.25, -0.2) is 4.98 Å². The van der Waals surface area contributed by atoms with E-state index in [2.05, 4.69) is 42.2 Å². The van der Waals surface area contributed by atoms with E-state index < -0.39 is 0 Å². The summed E-state index contributed by atoms with van der Waals surface area (Å²) in [5.74, 6) is 0.900. The second-order valence-corrected chi connectivity index (χ2v) is 4.35. The molecule has 0 radical (unpaired) electrons. The van der Waals surface area contributed by atoms with Gasteiger partial charge in [-0.15, -0.1) is 0 Å². The summed E-state index contributed by atoms with van der Waals surface area (Å²) in [4.78, 5) is 18.2. The molecular formula is C10H17N9. The summed E-state index contributed by atoms with van der Waals surface area (Å²) in [5.41, 5.74) is 5.66. The van der Waals surface area contributed by atoms with Crippen molar-refractivity contribution in [2.75, 3.05) is 31.7 Å². The van der Waals surface area contributed by atoms with Gasteiger partial charge in [-0.05, 0) is 21.0 Å². The maximum Gasteiger partial charge on any atom is 0.258 e. The maximum absolute atomic E-state index is 5.66. The molecule has 102 valence electrons. The van der Waals surface area contributed by atoms with E-state index in [9.17, 15) is 0 Å². The second-order valence-electron chi connectivity index (χ2n) is 4.35. The van der Waals surface area contributed by atoms with E-state index in [0.29, 0.717) is 24.5 Å². The molecular weight excluding hydrogens is 246 g/mol. The molecule has 9 heteroatoms. The van der Waals surface area contributed by atoms with Gasteiger partial charge in [0.05, 0.1) is 0 Å². The number of nitrogen functional groups attached to an aromatic ring is 1. The second kappa shape index (κ2) is 5.57. The predicted molar refractivity (Wildman–Crippen MR) is 70.8 cm³/mol. The van der Waals surface area contributed by atoms with E-state index in [1.165, 1.54) is 17.3 Å². The van der Waals surface area contributed by atoms with Gasteiger partial charge in [-0.2, -0.15) is 24.7 Å². The summed E-state index contributed by atoms with van der Waals surface area (Å²) >= 11 is 0. The molecule has 3 N–H and O–H groups in total. The van der Waals surface area contributed by atoms with E-state index in [-0.39, 0.29) is 5.95 Å². The van der Waals surface area contributed by atoms with Crippen LogP contribution in [0.3, 0.4) is 0 Å². The number of anilines is 2. The lowest BCUT2D eigenvalue weighted by Crippen LogP contribution is -2.32. The van der Waals surface area contributed by atoms with Crippen molar-refractivity contribution >= 4 is 11.9 Å². The third-order valence-corrected chi connectivity index (χ3v) is 2.70. The van der Waals surface area contributed by atoms with E-state index in [1.807, 2.05) is 14.1 Å². The van der Waals surface area contributed by atoms with Crippen molar-refractivity contribution in [2.24, 2.45) is 0 Å². The molecule has 0 spiro atoms. The third-order valence-electron chi connectivity index (χ3n) is 2.70. The van der Waals surface area contributed by atoms with Crippen LogP contribution in [0.1, 0.15) is 6.92 Å².